The molecule has 0 saturated carbocycles. The Labute approximate surface area is 53.6 Å². The highest BCUT2D eigenvalue weighted by atomic mass is 16.3. The highest BCUT2D eigenvalue weighted by molar-refractivity contribution is 5.73. The maximum atomic E-state index is 10.1. The van der Waals surface area contributed by atoms with Crippen molar-refractivity contribution in [2.75, 3.05) is 0 Å². The lowest BCUT2D eigenvalue weighted by Crippen LogP contribution is -2.13. The van der Waals surface area contributed by atoms with Gasteiger partial charge in [0.05, 0.1) is 0 Å². The lowest BCUT2D eigenvalue weighted by Gasteiger charge is -2.06. The second kappa shape index (κ2) is 2.68. The van der Waals surface area contributed by atoms with Crippen molar-refractivity contribution in [1.29, 1.82) is 0 Å². The molecule has 1 N–H and O–H groups in total. The fourth-order valence-corrected chi connectivity index (χ4v) is 0.193. The molecule has 52 valence electrons. The van der Waals surface area contributed by atoms with Crippen molar-refractivity contribution in [2.45, 2.75) is 26.5 Å². The minimum Gasteiger partial charge on any atom is -0.368 e. The number of hydrogen-bond acceptors (Lipinski definition) is 3. The molecule has 0 heterocycles. The minimum atomic E-state index is -1.23. The molecule has 1 amide bonds. The summed E-state index contributed by atoms with van der Waals surface area (Å²) < 4.78 is 0. The van der Waals surface area contributed by atoms with Crippen molar-refractivity contribution in [1.82, 2.24) is 0 Å². The summed E-state index contributed by atoms with van der Waals surface area (Å²) in [7, 11) is 0. The van der Waals surface area contributed by atoms with Crippen molar-refractivity contribution >= 4 is 5.91 Å². The third kappa shape index (κ3) is 7.23. The third-order valence-electron chi connectivity index (χ3n) is 0.436. The summed E-state index contributed by atoms with van der Waals surface area (Å²) in [6.45, 7) is 4.16. The van der Waals surface area contributed by atoms with Crippen molar-refractivity contribution in [3.05, 3.63) is 0 Å². The van der Waals surface area contributed by atoms with Crippen LogP contribution >= 0.6 is 0 Å². The monoisotopic (exact) mass is 130 g/mol. The van der Waals surface area contributed by atoms with Crippen LogP contribution in [-0.4, -0.2) is 16.7 Å². The Balaban J connectivity index is 3.86. The van der Waals surface area contributed by atoms with Crippen LogP contribution in [0.4, 0.5) is 0 Å². The average Bonchev–Trinajstić information content (AvgIpc) is 1.59. The van der Waals surface area contributed by atoms with Crippen LogP contribution in [0.2, 0.25) is 0 Å². The molecule has 0 aliphatic heterocycles. The Bertz CT molecular complexity index is 134. The number of hydrogen-bond donors (Lipinski definition) is 1. The molecular formula is C5H10N2O2. The van der Waals surface area contributed by atoms with E-state index in [-0.39, 0.29) is 0 Å². The van der Waals surface area contributed by atoms with E-state index in [1.165, 1.54) is 20.8 Å². The molecule has 0 fully saturated rings. The maximum absolute atomic E-state index is 10.1. The molecule has 9 heavy (non-hydrogen) atoms. The van der Waals surface area contributed by atoms with Crippen molar-refractivity contribution in [3.8, 4) is 0 Å². The van der Waals surface area contributed by atoms with E-state index in [1.807, 2.05) is 0 Å². The van der Waals surface area contributed by atoms with Gasteiger partial charge in [0.1, 0.15) is 0 Å². The highest BCUT2D eigenvalue weighted by Gasteiger charge is 2.08. The van der Waals surface area contributed by atoms with Gasteiger partial charge in [-0.2, -0.15) is 5.11 Å². The Morgan fingerprint density at radius 2 is 2.00 bits per heavy atom. The number of aliphatic hydroxyl groups is 1. The molecule has 0 aromatic carbocycles. The van der Waals surface area contributed by atoms with Crippen LogP contribution in [0.3, 0.4) is 0 Å². The zero-order chi connectivity index (χ0) is 7.49. The SMILES string of the molecule is CC(=O)N=NC(C)(C)O. The summed E-state index contributed by atoms with van der Waals surface area (Å²) in [4.78, 5) is 10.1. The Morgan fingerprint density at radius 1 is 1.56 bits per heavy atom. The quantitative estimate of drug-likeness (QED) is 0.531. The zero-order valence-corrected chi connectivity index (χ0v) is 5.75. The largest absolute Gasteiger partial charge is 0.368 e. The predicted octanol–water partition coefficient (Wildman–Crippen LogP) is 0.714. The first-order valence-corrected chi connectivity index (χ1v) is 2.57. The molecule has 0 bridgehead atoms. The first kappa shape index (κ1) is 8.23. The van der Waals surface area contributed by atoms with E-state index in [0.29, 0.717) is 0 Å². The zero-order valence-electron chi connectivity index (χ0n) is 5.75. The minimum absolute atomic E-state index is 0.405. The van der Waals surface area contributed by atoms with Crippen LogP contribution in [0, 0.1) is 0 Å². The first-order chi connectivity index (χ1) is 3.92. The molecule has 0 aliphatic rings. The van der Waals surface area contributed by atoms with Gasteiger partial charge >= 0.3 is 0 Å². The van der Waals surface area contributed by atoms with E-state index >= 15 is 0 Å². The van der Waals surface area contributed by atoms with E-state index in [0.717, 1.165) is 0 Å². The molecule has 0 unspecified atom stereocenters. The third-order valence-corrected chi connectivity index (χ3v) is 0.436. The summed E-state index contributed by atoms with van der Waals surface area (Å²) in [5.74, 6) is -0.405. The summed E-state index contributed by atoms with van der Waals surface area (Å²) in [6.07, 6.45) is 0. The average molecular weight is 130 g/mol. The van der Waals surface area contributed by atoms with Gasteiger partial charge in [-0.3, -0.25) is 4.79 Å². The Kier molecular flexibility index (Phi) is 2.45. The molecule has 0 aromatic rings. The van der Waals surface area contributed by atoms with Gasteiger partial charge in [-0.1, -0.05) is 0 Å². The molecule has 0 spiro atoms. The van der Waals surface area contributed by atoms with Crippen molar-refractivity contribution in [3.63, 3.8) is 0 Å². The fourth-order valence-electron chi connectivity index (χ4n) is 0.193. The van der Waals surface area contributed by atoms with E-state index in [4.69, 9.17) is 5.11 Å². The van der Waals surface area contributed by atoms with Gasteiger partial charge in [-0.15, -0.1) is 5.11 Å². The van der Waals surface area contributed by atoms with Crippen LogP contribution < -0.4 is 0 Å². The number of amides is 1. The van der Waals surface area contributed by atoms with Crippen molar-refractivity contribution < 1.29 is 9.90 Å². The van der Waals surface area contributed by atoms with Gasteiger partial charge < -0.3 is 5.11 Å². The predicted molar refractivity (Wildman–Crippen MR) is 31.8 cm³/mol. The topological polar surface area (TPSA) is 62.0 Å². The van der Waals surface area contributed by atoms with Gasteiger partial charge in [0, 0.05) is 6.92 Å². The summed E-state index contributed by atoms with van der Waals surface area (Å²) >= 11 is 0. The van der Waals surface area contributed by atoms with Gasteiger partial charge in [0.25, 0.3) is 5.91 Å². The van der Waals surface area contributed by atoms with Gasteiger partial charge in [-0.25, -0.2) is 0 Å². The molecule has 0 rings (SSSR count). The highest BCUT2D eigenvalue weighted by Crippen LogP contribution is 2.02. The van der Waals surface area contributed by atoms with E-state index < -0.39 is 11.6 Å². The number of carbonyl (C=O) groups is 1. The molecule has 4 nitrogen and oxygen atoms in total. The van der Waals surface area contributed by atoms with Crippen molar-refractivity contribution in [2.24, 2.45) is 10.2 Å². The van der Waals surface area contributed by atoms with E-state index in [9.17, 15) is 4.79 Å². The van der Waals surface area contributed by atoms with Crippen LogP contribution in [-0.2, 0) is 4.79 Å². The number of carbonyl (C=O) groups excluding carboxylic acids is 1. The molecular weight excluding hydrogens is 120 g/mol. The number of nitrogens with zero attached hydrogens (tertiary/aromatic N) is 2. The maximum Gasteiger partial charge on any atom is 0.261 e. The molecule has 0 saturated heterocycles. The summed E-state index contributed by atoms with van der Waals surface area (Å²) in [5.41, 5.74) is -1.23. The summed E-state index contributed by atoms with van der Waals surface area (Å²) in [5, 5.41) is 15.3. The van der Waals surface area contributed by atoms with Crippen LogP contribution in [0.15, 0.2) is 10.2 Å². The lowest BCUT2D eigenvalue weighted by molar-refractivity contribution is -0.116. The van der Waals surface area contributed by atoms with Gasteiger partial charge in [-0.05, 0) is 13.8 Å². The standard InChI is InChI=1S/C5H10N2O2/c1-4(8)6-7-5(2,3)9/h9H,1-3H3. The molecule has 0 aromatic heterocycles. The fraction of sp³-hybridized carbons (Fsp3) is 0.800. The normalized spacial score (nSPS) is 12.4. The molecule has 4 heteroatoms. The van der Waals surface area contributed by atoms with Crippen LogP contribution in [0.5, 0.6) is 0 Å². The van der Waals surface area contributed by atoms with E-state index in [1.54, 1.807) is 0 Å². The summed E-state index contributed by atoms with van der Waals surface area (Å²) in [6, 6.07) is 0. The van der Waals surface area contributed by atoms with Gasteiger partial charge in [0.15, 0.2) is 5.72 Å². The number of azo groups is 1. The van der Waals surface area contributed by atoms with Crippen LogP contribution in [0.25, 0.3) is 0 Å². The van der Waals surface area contributed by atoms with Crippen LogP contribution in [0.1, 0.15) is 20.8 Å². The van der Waals surface area contributed by atoms with Gasteiger partial charge in [0.2, 0.25) is 0 Å². The molecule has 0 aliphatic carbocycles. The Hall–Kier alpha value is -0.770. The second-order valence-electron chi connectivity index (χ2n) is 2.21. The first-order valence-electron chi connectivity index (χ1n) is 2.57. The Morgan fingerprint density at radius 3 is 2.11 bits per heavy atom. The smallest absolute Gasteiger partial charge is 0.261 e. The molecule has 0 atom stereocenters. The second-order valence-corrected chi connectivity index (χ2v) is 2.21. The molecule has 0 radical (unpaired) electrons. The van der Waals surface area contributed by atoms with E-state index in [2.05, 4.69) is 10.2 Å². The number of rotatable bonds is 1. The lowest BCUT2D eigenvalue weighted by atomic mass is 10.3.